The largest absolute Gasteiger partial charge is 0.385 e. The molecule has 0 spiro atoms. The van der Waals surface area contributed by atoms with Crippen LogP contribution in [0.25, 0.3) is 0 Å². The molecule has 0 aliphatic rings. The van der Waals surface area contributed by atoms with Crippen LogP contribution in [0.5, 0.6) is 0 Å². The highest BCUT2D eigenvalue weighted by Gasteiger charge is 2.11. The Kier molecular flexibility index (Phi) is 7.20. The fourth-order valence-electron chi connectivity index (χ4n) is 2.11. The van der Waals surface area contributed by atoms with Gasteiger partial charge in [0, 0.05) is 25.9 Å². The fraction of sp³-hybridized carbons (Fsp3) is 0.222. The van der Waals surface area contributed by atoms with Crippen molar-refractivity contribution in [2.75, 3.05) is 30.9 Å². The highest BCUT2D eigenvalue weighted by molar-refractivity contribution is 7.80. The maximum atomic E-state index is 12.3. The van der Waals surface area contributed by atoms with E-state index in [1.807, 2.05) is 48.5 Å². The third-order valence-electron chi connectivity index (χ3n) is 3.26. The van der Waals surface area contributed by atoms with E-state index in [4.69, 9.17) is 17.0 Å². The third kappa shape index (κ3) is 5.64. The zero-order valence-corrected chi connectivity index (χ0v) is 14.4. The van der Waals surface area contributed by atoms with Crippen molar-refractivity contribution in [1.29, 1.82) is 0 Å². The Bertz CT molecular complexity index is 677. The van der Waals surface area contributed by atoms with Gasteiger partial charge in [0.1, 0.15) is 0 Å². The van der Waals surface area contributed by atoms with Crippen LogP contribution in [-0.4, -0.2) is 31.3 Å². The molecule has 3 N–H and O–H groups in total. The molecule has 0 aliphatic heterocycles. The van der Waals surface area contributed by atoms with Gasteiger partial charge in [-0.3, -0.25) is 4.79 Å². The summed E-state index contributed by atoms with van der Waals surface area (Å²) in [5, 5.41) is 9.47. The van der Waals surface area contributed by atoms with E-state index in [0.29, 0.717) is 29.5 Å². The minimum atomic E-state index is -0.142. The fourth-order valence-corrected chi connectivity index (χ4v) is 2.34. The van der Waals surface area contributed by atoms with Crippen LogP contribution in [0.3, 0.4) is 0 Å². The van der Waals surface area contributed by atoms with Crippen molar-refractivity contribution in [2.45, 2.75) is 6.42 Å². The molecule has 0 fully saturated rings. The van der Waals surface area contributed by atoms with E-state index in [-0.39, 0.29) is 5.91 Å². The van der Waals surface area contributed by atoms with Gasteiger partial charge in [0.05, 0.1) is 11.3 Å². The molecule has 0 saturated heterocycles. The quantitative estimate of drug-likeness (QED) is 0.532. The highest BCUT2D eigenvalue weighted by Crippen LogP contribution is 2.16. The van der Waals surface area contributed by atoms with Gasteiger partial charge >= 0.3 is 0 Å². The van der Waals surface area contributed by atoms with Gasteiger partial charge in [-0.2, -0.15) is 0 Å². The van der Waals surface area contributed by atoms with E-state index < -0.39 is 0 Å². The van der Waals surface area contributed by atoms with E-state index in [2.05, 4.69) is 16.0 Å². The molecule has 0 atom stereocenters. The number of hydrogen-bond donors (Lipinski definition) is 3. The molecule has 0 aromatic heterocycles. The molecule has 2 aromatic carbocycles. The van der Waals surface area contributed by atoms with Crippen LogP contribution in [0, 0.1) is 0 Å². The molecular weight excluding hydrogens is 322 g/mol. The molecular formula is C18H21N3O2S. The monoisotopic (exact) mass is 343 g/mol. The zero-order valence-electron chi connectivity index (χ0n) is 13.5. The Labute approximate surface area is 147 Å². The number of benzene rings is 2. The molecule has 6 heteroatoms. The number of hydrogen-bond acceptors (Lipinski definition) is 3. The highest BCUT2D eigenvalue weighted by atomic mass is 32.1. The topological polar surface area (TPSA) is 62.4 Å². The van der Waals surface area contributed by atoms with Gasteiger partial charge in [-0.05, 0) is 42.9 Å². The van der Waals surface area contributed by atoms with Crippen LogP contribution in [0.15, 0.2) is 54.6 Å². The van der Waals surface area contributed by atoms with Gasteiger partial charge in [0.25, 0.3) is 5.91 Å². The van der Waals surface area contributed by atoms with Crippen LogP contribution in [0.4, 0.5) is 11.4 Å². The van der Waals surface area contributed by atoms with Crippen LogP contribution >= 0.6 is 12.2 Å². The van der Waals surface area contributed by atoms with Gasteiger partial charge in [-0.1, -0.05) is 30.3 Å². The lowest BCUT2D eigenvalue weighted by atomic mass is 10.1. The number of rotatable bonds is 7. The van der Waals surface area contributed by atoms with E-state index in [9.17, 15) is 4.79 Å². The van der Waals surface area contributed by atoms with Crippen LogP contribution in [-0.2, 0) is 4.74 Å². The van der Waals surface area contributed by atoms with Crippen molar-refractivity contribution in [2.24, 2.45) is 0 Å². The lowest BCUT2D eigenvalue weighted by molar-refractivity contribution is 0.0949. The van der Waals surface area contributed by atoms with Crippen LogP contribution < -0.4 is 16.0 Å². The summed E-state index contributed by atoms with van der Waals surface area (Å²) in [6.45, 7) is 1.18. The van der Waals surface area contributed by atoms with E-state index in [1.54, 1.807) is 13.2 Å². The van der Waals surface area contributed by atoms with Gasteiger partial charge in [0.2, 0.25) is 0 Å². The molecule has 2 rings (SSSR count). The van der Waals surface area contributed by atoms with Crippen LogP contribution in [0.2, 0.25) is 0 Å². The summed E-state index contributed by atoms with van der Waals surface area (Å²) in [6.07, 6.45) is 0.770. The number of thiocarbonyl (C=S) groups is 1. The lowest BCUT2D eigenvalue weighted by Crippen LogP contribution is -2.27. The summed E-state index contributed by atoms with van der Waals surface area (Å²) < 4.78 is 4.97. The third-order valence-corrected chi connectivity index (χ3v) is 3.47. The van der Waals surface area contributed by atoms with E-state index >= 15 is 0 Å². The number of para-hydroxylation sites is 2. The number of methoxy groups -OCH3 is 1. The summed E-state index contributed by atoms with van der Waals surface area (Å²) in [6, 6.07) is 16.9. The second-order valence-electron chi connectivity index (χ2n) is 5.09. The first kappa shape index (κ1) is 17.9. The smallest absolute Gasteiger partial charge is 0.253 e. The molecule has 5 nitrogen and oxygen atoms in total. The molecule has 0 radical (unpaired) electrons. The van der Waals surface area contributed by atoms with Crippen molar-refractivity contribution >= 4 is 34.6 Å². The molecule has 126 valence electrons. The number of carbonyl (C=O) groups excluding carboxylic acids is 1. The number of carbonyl (C=O) groups is 1. The maximum absolute atomic E-state index is 12.3. The van der Waals surface area contributed by atoms with Crippen molar-refractivity contribution in [3.8, 4) is 0 Å². The van der Waals surface area contributed by atoms with E-state index in [0.717, 1.165) is 12.1 Å². The van der Waals surface area contributed by atoms with Gasteiger partial charge < -0.3 is 20.7 Å². The second kappa shape index (κ2) is 9.64. The SMILES string of the molecule is COCCCNC(=O)c1ccccc1NC(=S)Nc1ccccc1. The van der Waals surface area contributed by atoms with Gasteiger partial charge in [-0.25, -0.2) is 0 Å². The van der Waals surface area contributed by atoms with Crippen LogP contribution in [0.1, 0.15) is 16.8 Å². The summed E-state index contributed by atoms with van der Waals surface area (Å²) in [7, 11) is 1.64. The molecule has 0 aliphatic carbocycles. The molecule has 1 amide bonds. The molecule has 0 bridgehead atoms. The predicted octanol–water partition coefficient (Wildman–Crippen LogP) is 3.26. The summed E-state index contributed by atoms with van der Waals surface area (Å²) in [5.74, 6) is -0.142. The van der Waals surface area contributed by atoms with E-state index in [1.165, 1.54) is 0 Å². The van der Waals surface area contributed by atoms with Crippen molar-refractivity contribution in [3.63, 3.8) is 0 Å². The molecule has 0 unspecified atom stereocenters. The van der Waals surface area contributed by atoms with Gasteiger partial charge in [0.15, 0.2) is 5.11 Å². The average Bonchev–Trinajstić information content (AvgIpc) is 2.60. The van der Waals surface area contributed by atoms with Crippen molar-refractivity contribution in [3.05, 3.63) is 60.2 Å². The van der Waals surface area contributed by atoms with Crippen molar-refractivity contribution in [1.82, 2.24) is 5.32 Å². The zero-order chi connectivity index (χ0) is 17.2. The molecule has 24 heavy (non-hydrogen) atoms. The Morgan fingerprint density at radius 3 is 2.50 bits per heavy atom. The maximum Gasteiger partial charge on any atom is 0.253 e. The molecule has 2 aromatic rings. The van der Waals surface area contributed by atoms with Crippen molar-refractivity contribution < 1.29 is 9.53 Å². The Morgan fingerprint density at radius 2 is 1.75 bits per heavy atom. The normalized spacial score (nSPS) is 10.0. The number of nitrogens with one attached hydrogen (secondary N) is 3. The number of amides is 1. The Hall–Kier alpha value is -2.44. The first-order valence-electron chi connectivity index (χ1n) is 7.70. The van der Waals surface area contributed by atoms with Gasteiger partial charge in [-0.15, -0.1) is 0 Å². The minimum Gasteiger partial charge on any atom is -0.385 e. The average molecular weight is 343 g/mol. The standard InChI is InChI=1S/C18H21N3O2S/c1-23-13-7-12-19-17(22)15-10-5-6-11-16(15)21-18(24)20-14-8-3-2-4-9-14/h2-6,8-11H,7,12-13H2,1H3,(H,19,22)(H2,20,21,24). The summed E-state index contributed by atoms with van der Waals surface area (Å²) >= 11 is 5.32. The molecule has 0 heterocycles. The predicted molar refractivity (Wildman–Crippen MR) is 102 cm³/mol. The Morgan fingerprint density at radius 1 is 1.04 bits per heavy atom. The number of ether oxygens (including phenoxy) is 1. The summed E-state index contributed by atoms with van der Waals surface area (Å²) in [5.41, 5.74) is 2.10. The Balaban J connectivity index is 1.97. The second-order valence-corrected chi connectivity index (χ2v) is 5.50. The number of anilines is 2. The molecule has 0 saturated carbocycles. The summed E-state index contributed by atoms with van der Waals surface area (Å²) in [4.78, 5) is 12.3. The lowest BCUT2D eigenvalue weighted by Gasteiger charge is -2.14. The first-order valence-corrected chi connectivity index (χ1v) is 8.11. The minimum absolute atomic E-state index is 0.142. The first-order chi connectivity index (χ1) is 11.7.